The molecule has 7 nitrogen and oxygen atoms in total. The van der Waals surface area contributed by atoms with Crippen LogP contribution >= 0.6 is 0 Å². The van der Waals surface area contributed by atoms with E-state index in [0.717, 1.165) is 74.8 Å². The highest BCUT2D eigenvalue weighted by atomic mass is 32.2. The van der Waals surface area contributed by atoms with Crippen molar-refractivity contribution in [1.29, 1.82) is 0 Å². The molecule has 0 bridgehead atoms. The maximum Gasteiger partial charge on any atom is 0.186 e. The highest BCUT2D eigenvalue weighted by Gasteiger charge is 2.26. The van der Waals surface area contributed by atoms with Gasteiger partial charge in [0.25, 0.3) is 0 Å². The summed E-state index contributed by atoms with van der Waals surface area (Å²) in [5.41, 5.74) is 7.50. The van der Waals surface area contributed by atoms with E-state index in [-0.39, 0.29) is 5.92 Å². The minimum absolute atomic E-state index is 0.276. The number of aromatic amines is 1. The van der Waals surface area contributed by atoms with Gasteiger partial charge in [-0.2, -0.15) is 14.7 Å². The summed E-state index contributed by atoms with van der Waals surface area (Å²) >= 11 is 0. The molecule has 0 saturated carbocycles. The fraction of sp³-hybridized carbons (Fsp3) is 0.250. The molecule has 1 aliphatic heterocycles. The smallest absolute Gasteiger partial charge is 0.186 e. The normalized spacial score (nSPS) is 19.0. The lowest BCUT2D eigenvalue weighted by Gasteiger charge is -2.21. The van der Waals surface area contributed by atoms with Gasteiger partial charge in [0.15, 0.2) is 11.3 Å². The van der Waals surface area contributed by atoms with E-state index in [1.54, 1.807) is 0 Å². The Hall–Kier alpha value is -3.39. The van der Waals surface area contributed by atoms with Gasteiger partial charge in [0.1, 0.15) is 0 Å². The van der Waals surface area contributed by atoms with Crippen molar-refractivity contribution in [2.75, 3.05) is 11.5 Å². The van der Waals surface area contributed by atoms with Crippen LogP contribution in [0.1, 0.15) is 30.1 Å². The highest BCUT2D eigenvalue weighted by Crippen LogP contribution is 2.35. The minimum Gasteiger partial charge on any atom is -0.280 e. The topological polar surface area (TPSA) is 88.8 Å². The van der Waals surface area contributed by atoms with Crippen molar-refractivity contribution in [3.8, 4) is 22.4 Å². The van der Waals surface area contributed by atoms with Crippen LogP contribution in [-0.2, 0) is 10.8 Å². The molecule has 0 aliphatic carbocycles. The Labute approximate surface area is 187 Å². The molecule has 0 spiro atoms. The number of pyridine rings is 1. The van der Waals surface area contributed by atoms with Gasteiger partial charge in [0, 0.05) is 56.8 Å². The first kappa shape index (κ1) is 19.3. The maximum atomic E-state index is 11.9. The van der Waals surface area contributed by atoms with E-state index in [0.29, 0.717) is 0 Å². The van der Waals surface area contributed by atoms with Gasteiger partial charge in [0.05, 0.1) is 23.0 Å². The zero-order chi connectivity index (χ0) is 21.7. The number of nitrogens with zero attached hydrogens (tertiary/aromatic N) is 5. The van der Waals surface area contributed by atoms with E-state index in [4.69, 9.17) is 4.98 Å². The lowest BCUT2D eigenvalue weighted by molar-refractivity contribution is 0.597. The standard InChI is InChI=1S/C24H22N6OS/c1-15-21-22(17-9-11-32(31)12-10-17)27-23-19(14-26-30(23)24(21)29-28-15)18-7-8-20(25-13-18)16-5-3-2-4-6-16/h2-8,13-14,17H,9-12H2,1H3,(H,28,29). The number of benzene rings is 1. The summed E-state index contributed by atoms with van der Waals surface area (Å²) in [5, 5.41) is 13.3. The van der Waals surface area contributed by atoms with Crippen molar-refractivity contribution in [2.45, 2.75) is 25.7 Å². The predicted molar refractivity (Wildman–Crippen MR) is 126 cm³/mol. The number of fused-ring (bicyclic) bond motifs is 3. The molecule has 1 aromatic carbocycles. The molecule has 5 heterocycles. The van der Waals surface area contributed by atoms with Crippen LogP contribution in [0.5, 0.6) is 0 Å². The van der Waals surface area contributed by atoms with Crippen molar-refractivity contribution in [3.05, 3.63) is 66.2 Å². The van der Waals surface area contributed by atoms with Crippen LogP contribution < -0.4 is 0 Å². The molecule has 1 saturated heterocycles. The van der Waals surface area contributed by atoms with E-state index < -0.39 is 10.8 Å². The molecule has 0 amide bonds. The summed E-state index contributed by atoms with van der Waals surface area (Å²) < 4.78 is 13.7. The molecular formula is C24H22N6OS. The second kappa shape index (κ2) is 7.63. The average Bonchev–Trinajstić information content (AvgIpc) is 3.44. The Morgan fingerprint density at radius 3 is 2.56 bits per heavy atom. The number of hydrogen-bond donors (Lipinski definition) is 1. The first-order valence-corrected chi connectivity index (χ1v) is 12.3. The zero-order valence-corrected chi connectivity index (χ0v) is 18.5. The summed E-state index contributed by atoms with van der Waals surface area (Å²) in [6.07, 6.45) is 5.48. The number of nitrogens with one attached hydrogen (secondary N) is 1. The van der Waals surface area contributed by atoms with Crippen LogP contribution in [0.4, 0.5) is 0 Å². The highest BCUT2D eigenvalue weighted by molar-refractivity contribution is 7.85. The van der Waals surface area contributed by atoms with Gasteiger partial charge in [-0.25, -0.2) is 4.98 Å². The molecule has 4 aromatic heterocycles. The fourth-order valence-electron chi connectivity index (χ4n) is 4.55. The lowest BCUT2D eigenvalue weighted by atomic mass is 9.95. The molecule has 1 aliphatic rings. The monoisotopic (exact) mass is 442 g/mol. The molecule has 32 heavy (non-hydrogen) atoms. The summed E-state index contributed by atoms with van der Waals surface area (Å²) in [5.74, 6) is 1.73. The van der Waals surface area contributed by atoms with Crippen molar-refractivity contribution < 1.29 is 4.21 Å². The van der Waals surface area contributed by atoms with E-state index in [1.165, 1.54) is 0 Å². The summed E-state index contributed by atoms with van der Waals surface area (Å²) in [7, 11) is -0.713. The molecule has 6 rings (SSSR count). The van der Waals surface area contributed by atoms with Gasteiger partial charge in [0.2, 0.25) is 0 Å². The molecule has 8 heteroatoms. The second-order valence-electron chi connectivity index (χ2n) is 8.26. The van der Waals surface area contributed by atoms with Gasteiger partial charge < -0.3 is 0 Å². The van der Waals surface area contributed by atoms with Crippen LogP contribution in [0.25, 0.3) is 39.1 Å². The molecule has 0 atom stereocenters. The summed E-state index contributed by atoms with van der Waals surface area (Å²) in [6.45, 7) is 2.02. The molecule has 1 N–H and O–H groups in total. The van der Waals surface area contributed by atoms with Gasteiger partial charge in [-0.15, -0.1) is 0 Å². The third kappa shape index (κ3) is 3.14. The van der Waals surface area contributed by atoms with Crippen LogP contribution in [0.3, 0.4) is 0 Å². The maximum absolute atomic E-state index is 11.9. The average molecular weight is 443 g/mol. The van der Waals surface area contributed by atoms with Gasteiger partial charge in [-0.05, 0) is 25.8 Å². The number of H-pyrrole nitrogens is 1. The Bertz CT molecular complexity index is 1450. The van der Waals surface area contributed by atoms with Gasteiger partial charge >= 0.3 is 0 Å². The second-order valence-corrected chi connectivity index (χ2v) is 9.95. The largest absolute Gasteiger partial charge is 0.280 e. The first-order valence-electron chi connectivity index (χ1n) is 10.8. The van der Waals surface area contributed by atoms with E-state index in [2.05, 4.69) is 38.5 Å². The van der Waals surface area contributed by atoms with Crippen molar-refractivity contribution in [3.63, 3.8) is 0 Å². The number of hydrogen-bond acceptors (Lipinski definition) is 5. The molecule has 1 fully saturated rings. The number of rotatable bonds is 3. The van der Waals surface area contributed by atoms with Crippen molar-refractivity contribution in [1.82, 2.24) is 29.8 Å². The Balaban J connectivity index is 1.48. The Morgan fingerprint density at radius 1 is 1.00 bits per heavy atom. The zero-order valence-electron chi connectivity index (χ0n) is 17.7. The van der Waals surface area contributed by atoms with Crippen molar-refractivity contribution in [2.24, 2.45) is 0 Å². The first-order chi connectivity index (χ1) is 15.7. The SMILES string of the molecule is Cc1[nH]nc2c1c(C1CCS(=O)CC1)nc1c(-c3ccc(-c4ccccc4)nc3)cnn12. The molecule has 0 unspecified atom stereocenters. The number of aryl methyl sites for hydroxylation is 1. The Morgan fingerprint density at radius 2 is 1.81 bits per heavy atom. The quantitative estimate of drug-likeness (QED) is 0.451. The molecular weight excluding hydrogens is 420 g/mol. The Kier molecular flexibility index (Phi) is 4.61. The fourth-order valence-corrected chi connectivity index (χ4v) is 5.85. The third-order valence-electron chi connectivity index (χ3n) is 6.27. The molecule has 5 aromatic rings. The summed E-state index contributed by atoms with van der Waals surface area (Å²) in [4.78, 5) is 9.79. The predicted octanol–water partition coefficient (Wildman–Crippen LogP) is 4.27. The minimum atomic E-state index is -0.713. The van der Waals surface area contributed by atoms with Crippen LogP contribution in [-0.4, -0.2) is 45.5 Å². The van der Waals surface area contributed by atoms with E-state index >= 15 is 0 Å². The van der Waals surface area contributed by atoms with Crippen LogP contribution in [0, 0.1) is 6.92 Å². The van der Waals surface area contributed by atoms with Crippen LogP contribution in [0.15, 0.2) is 54.9 Å². The lowest BCUT2D eigenvalue weighted by Crippen LogP contribution is -2.18. The molecule has 0 radical (unpaired) electrons. The van der Waals surface area contributed by atoms with E-state index in [9.17, 15) is 4.21 Å². The molecule has 160 valence electrons. The third-order valence-corrected chi connectivity index (χ3v) is 7.66. The van der Waals surface area contributed by atoms with Gasteiger partial charge in [-0.3, -0.25) is 14.3 Å². The van der Waals surface area contributed by atoms with Crippen molar-refractivity contribution >= 4 is 27.5 Å². The van der Waals surface area contributed by atoms with Gasteiger partial charge in [-0.1, -0.05) is 36.4 Å². The van der Waals surface area contributed by atoms with E-state index in [1.807, 2.05) is 48.1 Å². The number of aromatic nitrogens is 6. The summed E-state index contributed by atoms with van der Waals surface area (Å²) in [6, 6.07) is 14.2. The van der Waals surface area contributed by atoms with Crippen LogP contribution in [0.2, 0.25) is 0 Å².